The fraction of sp³-hybridized carbons (Fsp3) is 0.462. The highest BCUT2D eigenvalue weighted by Gasteiger charge is 2.30. The summed E-state index contributed by atoms with van der Waals surface area (Å²) in [6.07, 6.45) is 1.29. The van der Waals surface area contributed by atoms with E-state index in [2.05, 4.69) is 5.32 Å². The predicted octanol–water partition coefficient (Wildman–Crippen LogP) is 5.23. The number of nitrogens with zero attached hydrogens (tertiary/aromatic N) is 1. The second kappa shape index (κ2) is 12.5. The Kier molecular flexibility index (Phi) is 10.0. The molecule has 0 aliphatic rings. The van der Waals surface area contributed by atoms with Gasteiger partial charge in [-0.25, -0.2) is 0 Å². The van der Waals surface area contributed by atoms with Crippen molar-refractivity contribution in [1.29, 1.82) is 0 Å². The molecule has 0 aliphatic heterocycles. The van der Waals surface area contributed by atoms with Gasteiger partial charge in [0.05, 0.1) is 13.7 Å². The maximum Gasteiger partial charge on any atom is 0.243 e. The van der Waals surface area contributed by atoms with E-state index in [0.717, 1.165) is 11.3 Å². The lowest BCUT2D eigenvalue weighted by atomic mass is 10.0. The van der Waals surface area contributed by atoms with Crippen LogP contribution in [0.1, 0.15) is 52.5 Å². The van der Waals surface area contributed by atoms with Gasteiger partial charge in [0.1, 0.15) is 17.5 Å². The molecule has 0 bridgehead atoms. The van der Waals surface area contributed by atoms with E-state index in [4.69, 9.17) is 21.1 Å². The normalized spacial score (nSPS) is 12.1. The average molecular weight is 475 g/mol. The van der Waals surface area contributed by atoms with E-state index in [1.165, 1.54) is 0 Å². The Labute approximate surface area is 202 Å². The number of benzene rings is 2. The first kappa shape index (κ1) is 26.5. The van der Waals surface area contributed by atoms with Crippen LogP contribution in [0, 0.1) is 0 Å². The minimum Gasteiger partial charge on any atom is -0.497 e. The summed E-state index contributed by atoms with van der Waals surface area (Å²) in [6, 6.07) is 14.1. The number of carbonyl (C=O) groups is 2. The summed E-state index contributed by atoms with van der Waals surface area (Å²) in [7, 11) is 1.61. The van der Waals surface area contributed by atoms with Crippen molar-refractivity contribution in [2.75, 3.05) is 13.7 Å². The zero-order chi connectivity index (χ0) is 24.4. The second-order valence-corrected chi connectivity index (χ2v) is 9.31. The second-order valence-electron chi connectivity index (χ2n) is 8.90. The molecule has 2 amide bonds. The lowest BCUT2D eigenvalue weighted by Crippen LogP contribution is -2.53. The lowest BCUT2D eigenvalue weighted by molar-refractivity contribution is -0.142. The Balaban J connectivity index is 2.07. The van der Waals surface area contributed by atoms with E-state index < -0.39 is 11.6 Å². The van der Waals surface area contributed by atoms with Gasteiger partial charge in [-0.05, 0) is 69.5 Å². The van der Waals surface area contributed by atoms with E-state index in [-0.39, 0.29) is 24.8 Å². The molecule has 1 N–H and O–H groups in total. The van der Waals surface area contributed by atoms with Crippen LogP contribution in [0.25, 0.3) is 0 Å². The third kappa shape index (κ3) is 8.61. The van der Waals surface area contributed by atoms with Crippen molar-refractivity contribution in [3.63, 3.8) is 0 Å². The van der Waals surface area contributed by atoms with Crippen LogP contribution in [0.2, 0.25) is 5.02 Å². The number of hydrogen-bond acceptors (Lipinski definition) is 4. The Bertz CT molecular complexity index is 909. The molecule has 0 saturated heterocycles. The monoisotopic (exact) mass is 474 g/mol. The fourth-order valence-corrected chi connectivity index (χ4v) is 3.61. The molecule has 0 spiro atoms. The highest BCUT2D eigenvalue weighted by atomic mass is 35.5. The van der Waals surface area contributed by atoms with Gasteiger partial charge in [0.15, 0.2) is 0 Å². The van der Waals surface area contributed by atoms with Crippen LogP contribution in [-0.4, -0.2) is 42.0 Å². The third-order valence-corrected chi connectivity index (χ3v) is 5.41. The Morgan fingerprint density at radius 2 is 1.70 bits per heavy atom. The van der Waals surface area contributed by atoms with Gasteiger partial charge in [0.25, 0.3) is 0 Å². The van der Waals surface area contributed by atoms with E-state index in [1.54, 1.807) is 18.1 Å². The number of hydrogen-bond donors (Lipinski definition) is 1. The minimum atomic E-state index is -0.587. The van der Waals surface area contributed by atoms with Crippen LogP contribution in [0.5, 0.6) is 11.5 Å². The largest absolute Gasteiger partial charge is 0.497 e. The van der Waals surface area contributed by atoms with E-state index >= 15 is 0 Å². The van der Waals surface area contributed by atoms with E-state index in [9.17, 15) is 9.59 Å². The van der Waals surface area contributed by atoms with Crippen molar-refractivity contribution in [2.45, 2.75) is 65.1 Å². The van der Waals surface area contributed by atoms with E-state index in [0.29, 0.717) is 30.2 Å². The number of methoxy groups -OCH3 is 1. The molecule has 2 rings (SSSR count). The SMILES string of the molecule is CC[C@H](C(=O)NC(C)(C)C)N(Cc1ccccc1Cl)C(=O)CCCOc1ccc(OC)cc1. The van der Waals surface area contributed by atoms with E-state index in [1.807, 2.05) is 70.2 Å². The molecule has 0 saturated carbocycles. The summed E-state index contributed by atoms with van der Waals surface area (Å²) >= 11 is 6.36. The molecule has 0 unspecified atom stereocenters. The van der Waals surface area contributed by atoms with Gasteiger partial charge in [-0.15, -0.1) is 0 Å². The van der Waals surface area contributed by atoms with Crippen molar-refractivity contribution in [2.24, 2.45) is 0 Å². The highest BCUT2D eigenvalue weighted by molar-refractivity contribution is 6.31. The van der Waals surface area contributed by atoms with Gasteiger partial charge in [0, 0.05) is 23.5 Å². The Hall–Kier alpha value is -2.73. The van der Waals surface area contributed by atoms with Crippen LogP contribution < -0.4 is 14.8 Å². The van der Waals surface area contributed by atoms with Crippen LogP contribution in [0.3, 0.4) is 0 Å². The summed E-state index contributed by atoms with van der Waals surface area (Å²) in [4.78, 5) is 27.9. The number of carbonyl (C=O) groups excluding carboxylic acids is 2. The van der Waals surface area contributed by atoms with Crippen LogP contribution in [0.4, 0.5) is 0 Å². The summed E-state index contributed by atoms with van der Waals surface area (Å²) in [5.41, 5.74) is 0.416. The minimum absolute atomic E-state index is 0.107. The topological polar surface area (TPSA) is 67.9 Å². The number of nitrogens with one attached hydrogen (secondary N) is 1. The number of ether oxygens (including phenoxy) is 2. The fourth-order valence-electron chi connectivity index (χ4n) is 3.41. The van der Waals surface area contributed by atoms with Gasteiger partial charge in [-0.1, -0.05) is 36.7 Å². The van der Waals surface area contributed by atoms with Crippen LogP contribution in [0.15, 0.2) is 48.5 Å². The third-order valence-electron chi connectivity index (χ3n) is 5.05. The van der Waals surface area contributed by atoms with Gasteiger partial charge in [-0.3, -0.25) is 9.59 Å². The van der Waals surface area contributed by atoms with Crippen molar-refractivity contribution in [1.82, 2.24) is 10.2 Å². The number of halogens is 1. The quantitative estimate of drug-likeness (QED) is 0.453. The molecule has 0 fully saturated rings. The first-order valence-corrected chi connectivity index (χ1v) is 11.6. The smallest absolute Gasteiger partial charge is 0.243 e. The molecule has 0 aromatic heterocycles. The highest BCUT2D eigenvalue weighted by Crippen LogP contribution is 2.21. The molecule has 0 radical (unpaired) electrons. The summed E-state index contributed by atoms with van der Waals surface area (Å²) in [5, 5.41) is 3.58. The van der Waals surface area contributed by atoms with Crippen molar-refractivity contribution in [3.05, 3.63) is 59.1 Å². The molecule has 2 aromatic carbocycles. The lowest BCUT2D eigenvalue weighted by Gasteiger charge is -2.33. The molecule has 0 aliphatic carbocycles. The summed E-state index contributed by atoms with van der Waals surface area (Å²) < 4.78 is 10.9. The Morgan fingerprint density at radius 3 is 2.27 bits per heavy atom. The molecule has 6 nitrogen and oxygen atoms in total. The summed E-state index contributed by atoms with van der Waals surface area (Å²) in [5.74, 6) is 1.20. The number of amides is 2. The molecule has 7 heteroatoms. The van der Waals surface area contributed by atoms with Gasteiger partial charge in [0.2, 0.25) is 11.8 Å². The van der Waals surface area contributed by atoms with Gasteiger partial charge in [-0.2, -0.15) is 0 Å². The zero-order valence-corrected chi connectivity index (χ0v) is 20.9. The molecule has 2 aromatic rings. The van der Waals surface area contributed by atoms with Crippen molar-refractivity contribution >= 4 is 23.4 Å². The molecule has 33 heavy (non-hydrogen) atoms. The van der Waals surface area contributed by atoms with Crippen LogP contribution >= 0.6 is 11.6 Å². The van der Waals surface area contributed by atoms with Crippen molar-refractivity contribution < 1.29 is 19.1 Å². The predicted molar refractivity (Wildman–Crippen MR) is 132 cm³/mol. The molecule has 1 atom stereocenters. The van der Waals surface area contributed by atoms with Crippen LogP contribution in [-0.2, 0) is 16.1 Å². The average Bonchev–Trinajstić information content (AvgIpc) is 2.77. The summed E-state index contributed by atoms with van der Waals surface area (Å²) in [6.45, 7) is 8.35. The van der Waals surface area contributed by atoms with Gasteiger partial charge >= 0.3 is 0 Å². The Morgan fingerprint density at radius 1 is 1.06 bits per heavy atom. The molecule has 180 valence electrons. The van der Waals surface area contributed by atoms with Crippen molar-refractivity contribution in [3.8, 4) is 11.5 Å². The molecular formula is C26H35ClN2O4. The van der Waals surface area contributed by atoms with Gasteiger partial charge < -0.3 is 19.7 Å². The molecule has 0 heterocycles. The maximum atomic E-state index is 13.3. The zero-order valence-electron chi connectivity index (χ0n) is 20.2. The molecular weight excluding hydrogens is 440 g/mol. The first-order valence-electron chi connectivity index (χ1n) is 11.3. The standard InChI is InChI=1S/C26H35ClN2O4/c1-6-23(25(31)28-26(2,3)4)29(18-19-10-7-8-11-22(19)27)24(30)12-9-17-33-21-15-13-20(32-5)14-16-21/h7-8,10-11,13-16,23H,6,9,12,17-18H2,1-5H3,(H,28,31)/t23-/m1/s1. The first-order chi connectivity index (χ1) is 15.6. The number of rotatable bonds is 11. The maximum absolute atomic E-state index is 13.3.